The van der Waals surface area contributed by atoms with Crippen molar-refractivity contribution in [1.82, 2.24) is 0 Å². The van der Waals surface area contributed by atoms with E-state index in [2.05, 4.69) is 0 Å². The lowest BCUT2D eigenvalue weighted by molar-refractivity contribution is -0.159. The normalized spacial score (nSPS) is 14.5. The standard InChI is InChI=1S/C27H25NO4/c28-24(16-8-11-18-9-2-1-3-10-18)25(26(29)30)27(31)32-17-23-21-14-6-4-12-19(21)20-13-5-7-15-22(20)23/h1-15,23-25H,16-17,28H2,(H,29,30)/b11-8-/t24-,25-/m1/s1. The quantitative estimate of drug-likeness (QED) is 0.409. The van der Waals surface area contributed by atoms with Crippen LogP contribution in [0, 0.1) is 5.92 Å². The zero-order chi connectivity index (χ0) is 22.5. The largest absolute Gasteiger partial charge is 0.481 e. The summed E-state index contributed by atoms with van der Waals surface area (Å²) in [6.07, 6.45) is 3.89. The van der Waals surface area contributed by atoms with Crippen LogP contribution in [0.15, 0.2) is 84.9 Å². The number of benzene rings is 3. The molecule has 0 saturated heterocycles. The third kappa shape index (κ3) is 4.48. The predicted molar refractivity (Wildman–Crippen MR) is 124 cm³/mol. The number of aliphatic carboxylic acids is 1. The van der Waals surface area contributed by atoms with Crippen LogP contribution in [0.1, 0.15) is 29.0 Å². The summed E-state index contributed by atoms with van der Waals surface area (Å²) in [4.78, 5) is 24.5. The highest BCUT2D eigenvalue weighted by atomic mass is 16.5. The van der Waals surface area contributed by atoms with Crippen molar-refractivity contribution in [1.29, 1.82) is 0 Å². The van der Waals surface area contributed by atoms with Crippen LogP contribution < -0.4 is 5.73 Å². The molecule has 5 nitrogen and oxygen atoms in total. The maximum Gasteiger partial charge on any atom is 0.321 e. The Labute approximate surface area is 187 Å². The second kappa shape index (κ2) is 9.62. The van der Waals surface area contributed by atoms with Gasteiger partial charge in [0.25, 0.3) is 0 Å². The molecule has 162 valence electrons. The fourth-order valence-electron chi connectivity index (χ4n) is 4.21. The van der Waals surface area contributed by atoms with Gasteiger partial charge in [-0.05, 0) is 34.2 Å². The first-order valence-corrected chi connectivity index (χ1v) is 10.6. The van der Waals surface area contributed by atoms with Crippen LogP contribution in [0.5, 0.6) is 0 Å². The van der Waals surface area contributed by atoms with Crippen molar-refractivity contribution in [3.05, 3.63) is 102 Å². The van der Waals surface area contributed by atoms with E-state index in [0.29, 0.717) is 0 Å². The lowest BCUT2D eigenvalue weighted by atomic mass is 9.96. The number of carboxylic acid groups (broad SMARTS) is 1. The number of ether oxygens (including phenoxy) is 1. The number of hydrogen-bond donors (Lipinski definition) is 2. The number of carboxylic acids is 1. The number of hydrogen-bond acceptors (Lipinski definition) is 4. The summed E-state index contributed by atoms with van der Waals surface area (Å²) in [6.45, 7) is 0.0726. The molecule has 3 aromatic carbocycles. The molecule has 0 amide bonds. The minimum Gasteiger partial charge on any atom is -0.481 e. The molecule has 0 fully saturated rings. The van der Waals surface area contributed by atoms with Crippen molar-refractivity contribution in [2.24, 2.45) is 11.7 Å². The van der Waals surface area contributed by atoms with Crippen LogP contribution in [-0.4, -0.2) is 29.7 Å². The van der Waals surface area contributed by atoms with Gasteiger partial charge < -0.3 is 15.6 Å². The lowest BCUT2D eigenvalue weighted by Gasteiger charge is -2.20. The van der Waals surface area contributed by atoms with E-state index in [9.17, 15) is 14.7 Å². The Kier molecular flexibility index (Phi) is 6.47. The fraction of sp³-hybridized carbons (Fsp3) is 0.185. The Morgan fingerprint density at radius 1 is 0.906 bits per heavy atom. The van der Waals surface area contributed by atoms with Gasteiger partial charge in [-0.25, -0.2) is 0 Å². The van der Waals surface area contributed by atoms with E-state index >= 15 is 0 Å². The Morgan fingerprint density at radius 3 is 2.06 bits per heavy atom. The minimum atomic E-state index is -1.43. The third-order valence-corrected chi connectivity index (χ3v) is 5.82. The molecule has 0 spiro atoms. The van der Waals surface area contributed by atoms with Crippen molar-refractivity contribution in [3.8, 4) is 11.1 Å². The minimum absolute atomic E-state index is 0.0726. The molecule has 0 aliphatic heterocycles. The molecule has 32 heavy (non-hydrogen) atoms. The number of carbonyl (C=O) groups is 2. The second-order valence-corrected chi connectivity index (χ2v) is 7.89. The summed E-state index contributed by atoms with van der Waals surface area (Å²) in [5, 5.41) is 9.63. The average Bonchev–Trinajstić information content (AvgIpc) is 3.12. The molecular weight excluding hydrogens is 402 g/mol. The van der Waals surface area contributed by atoms with E-state index in [1.165, 1.54) is 0 Å². The third-order valence-electron chi connectivity index (χ3n) is 5.82. The van der Waals surface area contributed by atoms with Crippen molar-refractivity contribution in [2.75, 3.05) is 6.61 Å². The second-order valence-electron chi connectivity index (χ2n) is 7.89. The van der Waals surface area contributed by atoms with Crippen LogP contribution in [0.4, 0.5) is 0 Å². The zero-order valence-corrected chi connectivity index (χ0v) is 17.6. The first kappa shape index (κ1) is 21.5. The predicted octanol–water partition coefficient (Wildman–Crippen LogP) is 4.47. The summed E-state index contributed by atoms with van der Waals surface area (Å²) in [7, 11) is 0. The molecular formula is C27H25NO4. The number of esters is 1. The summed E-state index contributed by atoms with van der Waals surface area (Å²) in [5.74, 6) is -3.64. The molecule has 3 N–H and O–H groups in total. The topological polar surface area (TPSA) is 89.6 Å². The van der Waals surface area contributed by atoms with Gasteiger partial charge in [-0.3, -0.25) is 9.59 Å². The van der Waals surface area contributed by atoms with Gasteiger partial charge in [0.2, 0.25) is 0 Å². The van der Waals surface area contributed by atoms with Gasteiger partial charge in [-0.1, -0.05) is 91.0 Å². The van der Waals surface area contributed by atoms with Gasteiger partial charge in [0.1, 0.15) is 6.61 Å². The summed E-state index contributed by atoms with van der Waals surface area (Å²) in [5.41, 5.74) is 11.4. The molecule has 0 saturated carbocycles. The zero-order valence-electron chi connectivity index (χ0n) is 17.6. The maximum atomic E-state index is 12.7. The van der Waals surface area contributed by atoms with Crippen LogP contribution >= 0.6 is 0 Å². The molecule has 3 aromatic rings. The summed E-state index contributed by atoms with van der Waals surface area (Å²) < 4.78 is 5.53. The van der Waals surface area contributed by atoms with E-state index in [-0.39, 0.29) is 18.9 Å². The molecule has 0 unspecified atom stereocenters. The Balaban J connectivity index is 1.44. The Morgan fingerprint density at radius 2 is 1.47 bits per heavy atom. The molecule has 1 aliphatic rings. The number of nitrogens with two attached hydrogens (primary N) is 1. The van der Waals surface area contributed by atoms with Crippen molar-refractivity contribution in [3.63, 3.8) is 0 Å². The van der Waals surface area contributed by atoms with Gasteiger partial charge >= 0.3 is 11.9 Å². The highest BCUT2D eigenvalue weighted by Gasteiger charge is 2.35. The first-order valence-electron chi connectivity index (χ1n) is 10.6. The smallest absolute Gasteiger partial charge is 0.321 e. The molecule has 5 heteroatoms. The lowest BCUT2D eigenvalue weighted by Crippen LogP contribution is -2.41. The highest BCUT2D eigenvalue weighted by molar-refractivity contribution is 5.95. The molecule has 0 aromatic heterocycles. The molecule has 4 rings (SSSR count). The number of carbonyl (C=O) groups excluding carboxylic acids is 1. The van der Waals surface area contributed by atoms with E-state index in [0.717, 1.165) is 27.8 Å². The van der Waals surface area contributed by atoms with E-state index in [1.807, 2.05) is 84.9 Å². The van der Waals surface area contributed by atoms with Gasteiger partial charge in [-0.15, -0.1) is 0 Å². The van der Waals surface area contributed by atoms with E-state index in [1.54, 1.807) is 6.08 Å². The number of fused-ring (bicyclic) bond motifs is 3. The SMILES string of the molecule is N[C@H](C/C=C\c1ccccc1)[C@H](C(=O)O)C(=O)OCC1c2ccccc2-c2ccccc21. The monoisotopic (exact) mass is 427 g/mol. The Hall–Kier alpha value is -3.70. The van der Waals surface area contributed by atoms with Crippen LogP contribution in [-0.2, 0) is 14.3 Å². The molecule has 0 radical (unpaired) electrons. The van der Waals surface area contributed by atoms with E-state index < -0.39 is 23.9 Å². The van der Waals surface area contributed by atoms with Crippen molar-refractivity contribution < 1.29 is 19.4 Å². The van der Waals surface area contributed by atoms with Crippen LogP contribution in [0.25, 0.3) is 17.2 Å². The first-order chi connectivity index (χ1) is 15.6. The number of rotatable bonds is 8. The molecule has 1 aliphatic carbocycles. The molecule has 0 heterocycles. The fourth-order valence-corrected chi connectivity index (χ4v) is 4.21. The average molecular weight is 428 g/mol. The Bertz CT molecular complexity index is 1090. The van der Waals surface area contributed by atoms with Crippen LogP contribution in [0.2, 0.25) is 0 Å². The van der Waals surface area contributed by atoms with Gasteiger partial charge in [-0.2, -0.15) is 0 Å². The van der Waals surface area contributed by atoms with Gasteiger partial charge in [0.15, 0.2) is 5.92 Å². The van der Waals surface area contributed by atoms with Gasteiger partial charge in [0, 0.05) is 12.0 Å². The molecule has 2 atom stereocenters. The van der Waals surface area contributed by atoms with Crippen molar-refractivity contribution >= 4 is 18.0 Å². The van der Waals surface area contributed by atoms with Crippen LogP contribution in [0.3, 0.4) is 0 Å². The summed E-state index contributed by atoms with van der Waals surface area (Å²) >= 11 is 0. The van der Waals surface area contributed by atoms with Crippen molar-refractivity contribution in [2.45, 2.75) is 18.4 Å². The highest BCUT2D eigenvalue weighted by Crippen LogP contribution is 2.44. The van der Waals surface area contributed by atoms with E-state index in [4.69, 9.17) is 10.5 Å². The summed E-state index contributed by atoms with van der Waals surface area (Å²) in [6, 6.07) is 24.7. The maximum absolute atomic E-state index is 12.7. The van der Waals surface area contributed by atoms with Gasteiger partial charge in [0.05, 0.1) is 0 Å². The molecule has 0 bridgehead atoms.